The van der Waals surface area contributed by atoms with Crippen LogP contribution in [-0.4, -0.2) is 41.3 Å². The molecule has 0 aromatic heterocycles. The lowest BCUT2D eigenvalue weighted by atomic mass is 9.43. The Bertz CT molecular complexity index is 691. The third-order valence-electron chi connectivity index (χ3n) is 10.3. The zero-order valence-corrected chi connectivity index (χ0v) is 19.1. The molecule has 0 unspecified atom stereocenters. The number of hydrogen-bond donors (Lipinski definition) is 2. The molecule has 0 aliphatic heterocycles. The highest BCUT2D eigenvalue weighted by molar-refractivity contribution is 5.83. The Balaban J connectivity index is 1.59. The molecule has 0 spiro atoms. The highest BCUT2D eigenvalue weighted by atomic mass is 16.5. The summed E-state index contributed by atoms with van der Waals surface area (Å²) in [6, 6.07) is 0. The maximum Gasteiger partial charge on any atom is 0.305 e. The number of aliphatic hydroxyl groups excluding tert-OH is 2. The lowest BCUT2D eigenvalue weighted by Crippen LogP contribution is -2.61. The first-order chi connectivity index (χ1) is 14.1. The Morgan fingerprint density at radius 1 is 1.17 bits per heavy atom. The minimum Gasteiger partial charge on any atom is -0.469 e. The fourth-order valence-corrected chi connectivity index (χ4v) is 8.49. The molecule has 170 valence electrons. The van der Waals surface area contributed by atoms with Gasteiger partial charge in [0, 0.05) is 24.2 Å². The van der Waals surface area contributed by atoms with Crippen molar-refractivity contribution in [2.24, 2.45) is 46.3 Å². The normalized spacial score (nSPS) is 49.0. The Kier molecular flexibility index (Phi) is 5.85. The van der Waals surface area contributed by atoms with Gasteiger partial charge in [-0.25, -0.2) is 0 Å². The summed E-state index contributed by atoms with van der Waals surface area (Å²) in [7, 11) is 1.43. The molecule has 0 aromatic rings. The van der Waals surface area contributed by atoms with E-state index in [-0.39, 0.29) is 46.6 Å². The van der Waals surface area contributed by atoms with Crippen molar-refractivity contribution in [2.45, 2.75) is 90.8 Å². The van der Waals surface area contributed by atoms with E-state index in [4.69, 9.17) is 4.74 Å². The summed E-state index contributed by atoms with van der Waals surface area (Å²) in [6.07, 6.45) is 6.32. The number of esters is 1. The first-order valence-corrected chi connectivity index (χ1v) is 12.1. The molecular formula is C25H40O5. The molecule has 0 amide bonds. The number of Topliss-reactive ketones (excluding diaryl/α,β-unsaturated/α-hetero) is 1. The Labute approximate surface area is 180 Å². The van der Waals surface area contributed by atoms with Crippen LogP contribution < -0.4 is 0 Å². The van der Waals surface area contributed by atoms with Gasteiger partial charge in [0.2, 0.25) is 0 Å². The van der Waals surface area contributed by atoms with Crippen LogP contribution in [0.3, 0.4) is 0 Å². The van der Waals surface area contributed by atoms with E-state index in [1.54, 1.807) is 0 Å². The number of ketones is 1. The van der Waals surface area contributed by atoms with Crippen molar-refractivity contribution in [1.29, 1.82) is 0 Å². The predicted octanol–water partition coefficient (Wildman–Crippen LogP) is 3.75. The highest BCUT2D eigenvalue weighted by Crippen LogP contribution is 2.67. The number of carbonyl (C=O) groups is 2. The number of rotatable bonds is 4. The van der Waals surface area contributed by atoms with Gasteiger partial charge in [-0.3, -0.25) is 9.59 Å². The minimum atomic E-state index is -0.410. The molecule has 0 saturated heterocycles. The third kappa shape index (κ3) is 3.26. The quantitative estimate of drug-likeness (QED) is 0.677. The van der Waals surface area contributed by atoms with Crippen LogP contribution in [0.5, 0.6) is 0 Å². The summed E-state index contributed by atoms with van der Waals surface area (Å²) in [5.41, 5.74) is -0.210. The van der Waals surface area contributed by atoms with Crippen molar-refractivity contribution >= 4 is 11.8 Å². The molecule has 0 aromatic carbocycles. The molecule has 5 nitrogen and oxygen atoms in total. The van der Waals surface area contributed by atoms with E-state index in [0.717, 1.165) is 38.5 Å². The van der Waals surface area contributed by atoms with Crippen LogP contribution in [0.4, 0.5) is 0 Å². The van der Waals surface area contributed by atoms with Gasteiger partial charge in [0.15, 0.2) is 0 Å². The summed E-state index contributed by atoms with van der Waals surface area (Å²) in [5.74, 6) is 1.61. The first-order valence-electron chi connectivity index (χ1n) is 12.1. The van der Waals surface area contributed by atoms with Crippen molar-refractivity contribution in [3.63, 3.8) is 0 Å². The molecule has 10 atom stereocenters. The largest absolute Gasteiger partial charge is 0.469 e. The maximum atomic E-state index is 13.4. The Morgan fingerprint density at radius 3 is 2.60 bits per heavy atom. The topological polar surface area (TPSA) is 83.8 Å². The van der Waals surface area contributed by atoms with Crippen molar-refractivity contribution in [3.05, 3.63) is 0 Å². The smallest absolute Gasteiger partial charge is 0.305 e. The fraction of sp³-hybridized carbons (Fsp3) is 0.920. The maximum absolute atomic E-state index is 13.4. The molecule has 5 heteroatoms. The molecule has 0 bridgehead atoms. The van der Waals surface area contributed by atoms with Crippen LogP contribution in [0.25, 0.3) is 0 Å². The SMILES string of the molecule is COC(=O)CC[C@@H](C)[C@H]1CC[C@H]2[C@@H]3C(=O)C[C@@H]4C[C@H](O)CC[C@]4(C)[C@H]3C[C@H](O)[C@]12C. The van der Waals surface area contributed by atoms with Crippen molar-refractivity contribution in [3.8, 4) is 0 Å². The molecule has 30 heavy (non-hydrogen) atoms. The highest BCUT2D eigenvalue weighted by Gasteiger charge is 2.65. The lowest BCUT2D eigenvalue weighted by Gasteiger charge is -2.61. The second-order valence-corrected chi connectivity index (χ2v) is 11.4. The molecule has 4 fully saturated rings. The number of methoxy groups -OCH3 is 1. The lowest BCUT2D eigenvalue weighted by molar-refractivity contribution is -0.182. The average molecular weight is 421 g/mol. The van der Waals surface area contributed by atoms with Gasteiger partial charge in [-0.05, 0) is 80.0 Å². The van der Waals surface area contributed by atoms with Gasteiger partial charge in [-0.15, -0.1) is 0 Å². The molecule has 4 saturated carbocycles. The van der Waals surface area contributed by atoms with Gasteiger partial charge in [-0.1, -0.05) is 20.8 Å². The molecule has 4 aliphatic rings. The van der Waals surface area contributed by atoms with Gasteiger partial charge >= 0.3 is 5.97 Å². The Hall–Kier alpha value is -0.940. The second-order valence-electron chi connectivity index (χ2n) is 11.4. The summed E-state index contributed by atoms with van der Waals surface area (Å²) in [5, 5.41) is 21.7. The summed E-state index contributed by atoms with van der Waals surface area (Å²) < 4.78 is 4.82. The number of carbonyl (C=O) groups excluding carboxylic acids is 2. The van der Waals surface area contributed by atoms with E-state index in [1.165, 1.54) is 7.11 Å². The van der Waals surface area contributed by atoms with E-state index in [0.29, 0.717) is 36.9 Å². The van der Waals surface area contributed by atoms with Crippen LogP contribution in [0.15, 0.2) is 0 Å². The van der Waals surface area contributed by atoms with Crippen LogP contribution in [0.1, 0.15) is 78.6 Å². The minimum absolute atomic E-state index is 0.0488. The number of hydrogen-bond acceptors (Lipinski definition) is 5. The third-order valence-corrected chi connectivity index (χ3v) is 10.3. The van der Waals surface area contributed by atoms with Gasteiger partial charge in [0.25, 0.3) is 0 Å². The summed E-state index contributed by atoms with van der Waals surface area (Å²) in [4.78, 5) is 25.1. The van der Waals surface area contributed by atoms with Crippen LogP contribution in [-0.2, 0) is 14.3 Å². The van der Waals surface area contributed by atoms with Crippen LogP contribution in [0.2, 0.25) is 0 Å². The van der Waals surface area contributed by atoms with E-state index in [9.17, 15) is 19.8 Å². The fourth-order valence-electron chi connectivity index (χ4n) is 8.49. The van der Waals surface area contributed by atoms with Crippen molar-refractivity contribution in [1.82, 2.24) is 0 Å². The average Bonchev–Trinajstić information content (AvgIpc) is 3.06. The first kappa shape index (κ1) is 22.3. The summed E-state index contributed by atoms with van der Waals surface area (Å²) >= 11 is 0. The van der Waals surface area contributed by atoms with Crippen LogP contribution in [0, 0.1) is 46.3 Å². The van der Waals surface area contributed by atoms with Gasteiger partial charge in [0.1, 0.15) is 5.78 Å². The monoisotopic (exact) mass is 420 g/mol. The second kappa shape index (κ2) is 7.88. The van der Waals surface area contributed by atoms with Crippen molar-refractivity contribution < 1.29 is 24.5 Å². The number of fused-ring (bicyclic) bond motifs is 5. The zero-order valence-electron chi connectivity index (χ0n) is 19.1. The van der Waals surface area contributed by atoms with Gasteiger partial charge < -0.3 is 14.9 Å². The standard InChI is InChI=1S/C25H40O5/c1-14(5-8-22(29)30-4)17-6-7-18-23-19(13-21(28)25(17,18)3)24(2)10-9-16(26)11-15(24)12-20(23)27/h14-19,21,23,26,28H,5-13H2,1-4H3/t14-,15+,16-,17-,18+,19+,21+,23+,24+,25-/m1/s1. The van der Waals surface area contributed by atoms with Gasteiger partial charge in [-0.2, -0.15) is 0 Å². The number of aliphatic hydroxyl groups is 2. The van der Waals surface area contributed by atoms with Crippen LogP contribution >= 0.6 is 0 Å². The Morgan fingerprint density at radius 2 is 1.90 bits per heavy atom. The van der Waals surface area contributed by atoms with E-state index in [2.05, 4.69) is 20.8 Å². The van der Waals surface area contributed by atoms with E-state index in [1.807, 2.05) is 0 Å². The summed E-state index contributed by atoms with van der Waals surface area (Å²) in [6.45, 7) is 6.74. The zero-order chi connectivity index (χ0) is 21.8. The molecule has 4 aliphatic carbocycles. The predicted molar refractivity (Wildman–Crippen MR) is 113 cm³/mol. The van der Waals surface area contributed by atoms with Crippen molar-refractivity contribution in [2.75, 3.05) is 7.11 Å². The molecule has 0 radical (unpaired) electrons. The molecule has 2 N–H and O–H groups in total. The number of ether oxygens (including phenoxy) is 1. The molecular weight excluding hydrogens is 380 g/mol. The molecule has 4 rings (SSSR count). The van der Waals surface area contributed by atoms with E-state index < -0.39 is 6.10 Å². The molecule has 0 heterocycles. The van der Waals surface area contributed by atoms with Gasteiger partial charge in [0.05, 0.1) is 19.3 Å². The van der Waals surface area contributed by atoms with E-state index >= 15 is 0 Å².